The summed E-state index contributed by atoms with van der Waals surface area (Å²) in [5, 5.41) is 0.687. The van der Waals surface area contributed by atoms with E-state index in [0.29, 0.717) is 42.6 Å². The van der Waals surface area contributed by atoms with E-state index >= 15 is 0 Å². The summed E-state index contributed by atoms with van der Waals surface area (Å²) in [7, 11) is 0.739. The average Bonchev–Trinajstić information content (AvgIpc) is 3.15. The minimum Gasteiger partial charge on any atom is -0.491 e. The highest BCUT2D eigenvalue weighted by atomic mass is 35.5. The molecule has 5 atom stereocenters. The zero-order valence-electron chi connectivity index (χ0n) is 30.6. The van der Waals surface area contributed by atoms with Gasteiger partial charge in [0.05, 0.1) is 44.6 Å². The number of rotatable bonds is 5. The zero-order chi connectivity index (χ0) is 37.4. The van der Waals surface area contributed by atoms with Gasteiger partial charge in [0.1, 0.15) is 21.2 Å². The Balaban J connectivity index is 1.63. The van der Waals surface area contributed by atoms with Crippen LogP contribution in [-0.2, 0) is 27.6 Å². The van der Waals surface area contributed by atoms with Gasteiger partial charge in [-0.25, -0.2) is 9.19 Å². The van der Waals surface area contributed by atoms with Crippen LogP contribution in [0.2, 0.25) is 5.02 Å². The second kappa shape index (κ2) is 17.5. The first-order valence-corrected chi connectivity index (χ1v) is 19.5. The molecule has 2 aliphatic rings. The Labute approximate surface area is 311 Å². The molecule has 14 heteroatoms. The Morgan fingerprint density at radius 1 is 1.06 bits per heavy atom. The largest absolute Gasteiger partial charge is 0.491 e. The van der Waals surface area contributed by atoms with Crippen molar-refractivity contribution in [2.24, 2.45) is 22.1 Å². The Kier molecular flexibility index (Phi) is 13.2. The number of nitrogens with one attached hydrogen (secondary N) is 1. The summed E-state index contributed by atoms with van der Waals surface area (Å²) >= 11 is 6.45. The first-order chi connectivity index (χ1) is 24.9. The molecule has 0 saturated carbocycles. The Morgan fingerprint density at radius 2 is 1.87 bits per heavy atom. The molecule has 2 aromatic carbocycles. The van der Waals surface area contributed by atoms with Crippen LogP contribution in [0.3, 0.4) is 0 Å². The van der Waals surface area contributed by atoms with Crippen molar-refractivity contribution in [3.8, 4) is 17.6 Å². The average molecular weight is 754 g/mol. The third-order valence-corrected chi connectivity index (χ3v) is 11.8. The summed E-state index contributed by atoms with van der Waals surface area (Å²) < 4.78 is 44.0. The summed E-state index contributed by atoms with van der Waals surface area (Å²) in [6, 6.07) is 11.1. The fourth-order valence-corrected chi connectivity index (χ4v) is 8.59. The zero-order valence-corrected chi connectivity index (χ0v) is 32.2. The van der Waals surface area contributed by atoms with E-state index in [1.54, 1.807) is 25.3 Å². The molecule has 2 aliphatic heterocycles. The maximum atomic E-state index is 14.6. The molecule has 280 valence electrons. The van der Waals surface area contributed by atoms with E-state index in [1.165, 1.54) is 26.0 Å². The number of fused-ring (bicyclic) bond motifs is 2. The molecule has 0 spiro atoms. The molecule has 0 aliphatic carbocycles. The lowest BCUT2D eigenvalue weighted by atomic mass is 9.89. The SMILES string of the molecule is COc1ncc(C(=O)NS2(=O)=NC(=O)c3ccc4c(c3)N(Cc3ccc(Cl)cc3CCCCO4)C[C@H](C)[C@@H](C)[C@@H](OC)/C=C/C[C@H](C)C2)c(OC)n1. The van der Waals surface area contributed by atoms with Gasteiger partial charge in [0.25, 0.3) is 11.8 Å². The van der Waals surface area contributed by atoms with E-state index in [9.17, 15) is 13.8 Å². The number of carbonyl (C=O) groups is 2. The van der Waals surface area contributed by atoms with Crippen molar-refractivity contribution < 1.29 is 32.7 Å². The number of nitrogens with zero attached hydrogens (tertiary/aromatic N) is 4. The fraction of sp³-hybridized carbons (Fsp3) is 0.474. The van der Waals surface area contributed by atoms with Crippen LogP contribution < -0.4 is 23.8 Å². The Bertz CT molecular complexity index is 1910. The van der Waals surface area contributed by atoms with Gasteiger partial charge in [-0.15, -0.1) is 4.36 Å². The summed E-state index contributed by atoms with van der Waals surface area (Å²) in [4.78, 5) is 37.9. The number of anilines is 1. The molecule has 52 heavy (non-hydrogen) atoms. The quantitative estimate of drug-likeness (QED) is 0.280. The highest BCUT2D eigenvalue weighted by Gasteiger charge is 2.28. The molecule has 12 nitrogen and oxygen atoms in total. The predicted molar refractivity (Wildman–Crippen MR) is 202 cm³/mol. The number of allylic oxidation sites excluding steroid dienone is 1. The lowest BCUT2D eigenvalue weighted by Crippen LogP contribution is -2.36. The van der Waals surface area contributed by atoms with Crippen LogP contribution in [0.4, 0.5) is 5.69 Å². The number of carbonyl (C=O) groups excluding carboxylic acids is 2. The smallest absolute Gasteiger partial charge is 0.319 e. The number of ether oxygens (including phenoxy) is 4. The standard InChI is InChI=1S/C38H48ClN5O7S/c1-24-10-9-12-33(48-4)26(3)25(2)21-44-22-29-13-15-30(39)18-27(29)11-7-8-17-51-34-16-14-28(19-32(34)44)35(45)42-52(47,23-24)43-36(46)31-20-40-38(50-6)41-37(31)49-5/h9,12-16,18-20,24-26,33H,7-8,10-11,17,21-23H2,1-6H3,(H,42,43,45,46,47)/b12-9+/t24-,25-,26+,33-,52?/m0/s1. The fourth-order valence-electron chi connectivity index (χ4n) is 6.51. The number of hydrogen-bond donors (Lipinski definition) is 1. The van der Waals surface area contributed by atoms with E-state index < -0.39 is 21.7 Å². The van der Waals surface area contributed by atoms with Crippen LogP contribution >= 0.6 is 11.6 Å². The van der Waals surface area contributed by atoms with Crippen molar-refractivity contribution in [1.82, 2.24) is 14.7 Å². The van der Waals surface area contributed by atoms with E-state index in [4.69, 9.17) is 30.5 Å². The second-order valence-electron chi connectivity index (χ2n) is 13.5. The van der Waals surface area contributed by atoms with E-state index in [-0.39, 0.29) is 52.6 Å². The minimum atomic E-state index is -3.69. The molecule has 2 bridgehead atoms. The van der Waals surface area contributed by atoms with Crippen molar-refractivity contribution in [2.75, 3.05) is 45.1 Å². The first kappa shape index (κ1) is 39.0. The Morgan fingerprint density at radius 3 is 2.62 bits per heavy atom. The normalized spacial score (nSPS) is 25.0. The van der Waals surface area contributed by atoms with Crippen LogP contribution in [0.25, 0.3) is 0 Å². The number of methoxy groups -OCH3 is 3. The van der Waals surface area contributed by atoms with Gasteiger partial charge in [-0.2, -0.15) is 4.98 Å². The maximum absolute atomic E-state index is 14.6. The van der Waals surface area contributed by atoms with Crippen LogP contribution in [0.1, 0.15) is 71.9 Å². The first-order valence-electron chi connectivity index (χ1n) is 17.5. The molecule has 3 heterocycles. The summed E-state index contributed by atoms with van der Waals surface area (Å²) in [5.74, 6) is -1.05. The van der Waals surface area contributed by atoms with Crippen molar-refractivity contribution in [2.45, 2.75) is 59.1 Å². The third-order valence-electron chi connectivity index (χ3n) is 9.58. The van der Waals surface area contributed by atoms with E-state index in [2.05, 4.69) is 43.9 Å². The molecule has 5 rings (SSSR count). The monoisotopic (exact) mass is 753 g/mol. The molecule has 0 radical (unpaired) electrons. The van der Waals surface area contributed by atoms with Gasteiger partial charge in [-0.05, 0) is 84.9 Å². The minimum absolute atomic E-state index is 0.00758. The molecule has 0 saturated heterocycles. The molecule has 2 amide bonds. The predicted octanol–water partition coefficient (Wildman–Crippen LogP) is 6.71. The highest BCUT2D eigenvalue weighted by molar-refractivity contribution is 7.92. The van der Waals surface area contributed by atoms with Crippen molar-refractivity contribution >= 4 is 39.0 Å². The molecule has 0 fully saturated rings. The van der Waals surface area contributed by atoms with Gasteiger partial charge in [0.15, 0.2) is 0 Å². The number of benzene rings is 2. The molecule has 1 unspecified atom stereocenters. The second-order valence-corrected chi connectivity index (χ2v) is 15.9. The van der Waals surface area contributed by atoms with Crippen LogP contribution in [0.15, 0.2) is 59.1 Å². The lowest BCUT2D eigenvalue weighted by molar-refractivity contribution is 0.0745. The van der Waals surface area contributed by atoms with Gasteiger partial charge in [0.2, 0.25) is 5.88 Å². The maximum Gasteiger partial charge on any atom is 0.319 e. The molecule has 3 aromatic rings. The Hall–Kier alpha value is -4.20. The topological polar surface area (TPSA) is 142 Å². The van der Waals surface area contributed by atoms with E-state index in [0.717, 1.165) is 24.8 Å². The summed E-state index contributed by atoms with van der Waals surface area (Å²) in [6.07, 6.45) is 8.19. The molecular formula is C38H48ClN5O7S. The van der Waals surface area contributed by atoms with Crippen LogP contribution in [0, 0.1) is 17.8 Å². The van der Waals surface area contributed by atoms with E-state index in [1.807, 2.05) is 31.2 Å². The molecule has 1 aromatic heterocycles. The van der Waals surface area contributed by atoms with Crippen molar-refractivity contribution in [3.63, 3.8) is 0 Å². The van der Waals surface area contributed by atoms with Crippen LogP contribution in [0.5, 0.6) is 17.6 Å². The molecule has 1 N–H and O–H groups in total. The highest BCUT2D eigenvalue weighted by Crippen LogP contribution is 2.35. The third kappa shape index (κ3) is 9.61. The summed E-state index contributed by atoms with van der Waals surface area (Å²) in [6.45, 7) is 7.92. The number of aryl methyl sites for hydroxylation is 1. The van der Waals surface area contributed by atoms with Gasteiger partial charge >= 0.3 is 6.01 Å². The number of hydrogen-bond acceptors (Lipinski definition) is 10. The summed E-state index contributed by atoms with van der Waals surface area (Å²) in [5.41, 5.74) is 3.14. The lowest BCUT2D eigenvalue weighted by Gasteiger charge is -2.34. The number of amides is 2. The van der Waals surface area contributed by atoms with Crippen molar-refractivity contribution in [3.05, 3.63) is 82.0 Å². The molecular weight excluding hydrogens is 706 g/mol. The van der Waals surface area contributed by atoms with Gasteiger partial charge in [-0.3, -0.25) is 14.3 Å². The van der Waals surface area contributed by atoms with Crippen molar-refractivity contribution in [1.29, 1.82) is 0 Å². The van der Waals surface area contributed by atoms with Gasteiger partial charge in [-0.1, -0.05) is 50.6 Å². The van der Waals surface area contributed by atoms with Crippen LogP contribution in [-0.4, -0.2) is 72.3 Å². The van der Waals surface area contributed by atoms with Gasteiger partial charge in [0, 0.05) is 30.8 Å². The number of aromatic nitrogens is 2. The number of halogens is 1. The van der Waals surface area contributed by atoms with Gasteiger partial charge < -0.3 is 23.8 Å².